The fourth-order valence-electron chi connectivity index (χ4n) is 1.83. The lowest BCUT2D eigenvalue weighted by Gasteiger charge is -2.06. The van der Waals surface area contributed by atoms with Gasteiger partial charge in [-0.2, -0.15) is 0 Å². The van der Waals surface area contributed by atoms with Crippen molar-refractivity contribution in [3.05, 3.63) is 30.0 Å². The van der Waals surface area contributed by atoms with Crippen LogP contribution in [0.5, 0.6) is 5.75 Å². The third-order valence-corrected chi connectivity index (χ3v) is 2.42. The van der Waals surface area contributed by atoms with E-state index < -0.39 is 0 Å². The van der Waals surface area contributed by atoms with Crippen molar-refractivity contribution in [2.45, 2.75) is 13.5 Å². The second-order valence-electron chi connectivity index (χ2n) is 3.46. The van der Waals surface area contributed by atoms with Crippen molar-refractivity contribution in [2.24, 2.45) is 0 Å². The number of hydrogen-bond acceptors (Lipinski definition) is 2. The predicted octanol–water partition coefficient (Wildman–Crippen LogP) is 2.29. The zero-order valence-electron chi connectivity index (χ0n) is 9.13. The quantitative estimate of drug-likeness (QED) is 0.801. The highest BCUT2D eigenvalue weighted by Gasteiger charge is 2.07. The van der Waals surface area contributed by atoms with E-state index in [1.807, 2.05) is 32.3 Å². The summed E-state index contributed by atoms with van der Waals surface area (Å²) in [6, 6.07) is 6.09. The number of hydrogen-bond donors (Lipinski definition) is 2. The molecule has 0 aliphatic rings. The molecular formula is C12H16N2O. The molecule has 0 radical (unpaired) electrons. The van der Waals surface area contributed by atoms with E-state index in [2.05, 4.69) is 16.4 Å². The Balaban J connectivity index is 2.53. The first-order valence-electron chi connectivity index (χ1n) is 5.23. The largest absolute Gasteiger partial charge is 0.493 e. The molecule has 1 aromatic heterocycles. The van der Waals surface area contributed by atoms with E-state index >= 15 is 0 Å². The lowest BCUT2D eigenvalue weighted by atomic mass is 10.1. The van der Waals surface area contributed by atoms with E-state index in [4.69, 9.17) is 4.74 Å². The molecule has 0 atom stereocenters. The average molecular weight is 204 g/mol. The fourth-order valence-corrected chi connectivity index (χ4v) is 1.83. The number of fused-ring (bicyclic) bond motifs is 1. The molecule has 0 unspecified atom stereocenters. The van der Waals surface area contributed by atoms with E-state index in [9.17, 15) is 0 Å². The highest BCUT2D eigenvalue weighted by Crippen LogP contribution is 2.28. The maximum atomic E-state index is 5.62. The van der Waals surface area contributed by atoms with Crippen molar-refractivity contribution >= 4 is 10.9 Å². The van der Waals surface area contributed by atoms with Gasteiger partial charge in [0.2, 0.25) is 0 Å². The third-order valence-electron chi connectivity index (χ3n) is 2.42. The number of H-pyrrole nitrogens is 1. The molecule has 0 bridgehead atoms. The van der Waals surface area contributed by atoms with Crippen LogP contribution in [0.25, 0.3) is 10.9 Å². The smallest absolute Gasteiger partial charge is 0.128 e. The molecule has 0 saturated carbocycles. The predicted molar refractivity (Wildman–Crippen MR) is 62.2 cm³/mol. The first-order valence-corrected chi connectivity index (χ1v) is 5.23. The maximum Gasteiger partial charge on any atom is 0.128 e. The van der Waals surface area contributed by atoms with Crippen LogP contribution in [0.2, 0.25) is 0 Å². The Kier molecular flexibility index (Phi) is 2.92. The molecule has 1 heterocycles. The summed E-state index contributed by atoms with van der Waals surface area (Å²) < 4.78 is 5.62. The average Bonchev–Trinajstić information content (AvgIpc) is 2.64. The maximum absolute atomic E-state index is 5.62. The Morgan fingerprint density at radius 2 is 2.27 bits per heavy atom. The van der Waals surface area contributed by atoms with E-state index in [0.717, 1.165) is 17.8 Å². The van der Waals surface area contributed by atoms with Crippen LogP contribution >= 0.6 is 0 Å². The first kappa shape index (κ1) is 10.1. The molecule has 0 fully saturated rings. The van der Waals surface area contributed by atoms with Crippen LogP contribution in [0, 0.1) is 0 Å². The van der Waals surface area contributed by atoms with Crippen molar-refractivity contribution in [3.63, 3.8) is 0 Å². The monoisotopic (exact) mass is 204 g/mol. The van der Waals surface area contributed by atoms with Crippen LogP contribution in [-0.4, -0.2) is 18.6 Å². The number of benzene rings is 1. The summed E-state index contributed by atoms with van der Waals surface area (Å²) in [6.45, 7) is 3.55. The summed E-state index contributed by atoms with van der Waals surface area (Å²) in [5.74, 6) is 0.960. The Hall–Kier alpha value is -1.48. The van der Waals surface area contributed by atoms with Crippen molar-refractivity contribution in [1.82, 2.24) is 10.3 Å². The summed E-state index contributed by atoms with van der Waals surface area (Å²) in [4.78, 5) is 3.25. The van der Waals surface area contributed by atoms with Gasteiger partial charge in [-0.1, -0.05) is 6.07 Å². The third kappa shape index (κ3) is 1.83. The van der Waals surface area contributed by atoms with Gasteiger partial charge in [0.15, 0.2) is 0 Å². The van der Waals surface area contributed by atoms with Gasteiger partial charge in [0.25, 0.3) is 0 Å². The molecule has 0 amide bonds. The second-order valence-corrected chi connectivity index (χ2v) is 3.46. The van der Waals surface area contributed by atoms with Crippen molar-refractivity contribution in [3.8, 4) is 5.75 Å². The fraction of sp³-hybridized carbons (Fsp3) is 0.333. The molecule has 80 valence electrons. The van der Waals surface area contributed by atoms with Crippen LogP contribution in [0.15, 0.2) is 24.4 Å². The molecular weight excluding hydrogens is 188 g/mol. The number of aromatic nitrogens is 1. The minimum Gasteiger partial charge on any atom is -0.493 e. The molecule has 0 aliphatic heterocycles. The Morgan fingerprint density at radius 1 is 1.40 bits per heavy atom. The lowest BCUT2D eigenvalue weighted by Crippen LogP contribution is -2.04. The van der Waals surface area contributed by atoms with E-state index in [0.29, 0.717) is 6.61 Å². The normalized spacial score (nSPS) is 10.8. The Labute approximate surface area is 89.4 Å². The van der Waals surface area contributed by atoms with Crippen LogP contribution in [0.1, 0.15) is 12.5 Å². The minimum absolute atomic E-state index is 0.698. The van der Waals surface area contributed by atoms with Crippen LogP contribution < -0.4 is 10.1 Å². The Bertz CT molecular complexity index is 448. The number of rotatable bonds is 4. The first-order chi connectivity index (χ1) is 7.36. The van der Waals surface area contributed by atoms with Crippen molar-refractivity contribution < 1.29 is 4.74 Å². The Morgan fingerprint density at radius 3 is 3.00 bits per heavy atom. The van der Waals surface area contributed by atoms with E-state index in [-0.39, 0.29) is 0 Å². The van der Waals surface area contributed by atoms with Gasteiger partial charge in [-0.3, -0.25) is 0 Å². The van der Waals surface area contributed by atoms with E-state index in [1.54, 1.807) is 0 Å². The molecule has 3 heteroatoms. The van der Waals surface area contributed by atoms with Gasteiger partial charge in [-0.05, 0) is 31.7 Å². The van der Waals surface area contributed by atoms with E-state index in [1.165, 1.54) is 10.9 Å². The van der Waals surface area contributed by atoms with Crippen LogP contribution in [0.3, 0.4) is 0 Å². The molecule has 3 nitrogen and oxygen atoms in total. The van der Waals surface area contributed by atoms with Gasteiger partial charge < -0.3 is 15.0 Å². The van der Waals surface area contributed by atoms with Gasteiger partial charge in [-0.25, -0.2) is 0 Å². The number of aromatic amines is 1. The van der Waals surface area contributed by atoms with Gasteiger partial charge in [-0.15, -0.1) is 0 Å². The summed E-state index contributed by atoms with van der Waals surface area (Å²) in [7, 11) is 1.95. The summed E-state index contributed by atoms with van der Waals surface area (Å²) >= 11 is 0. The summed E-state index contributed by atoms with van der Waals surface area (Å²) in [5, 5.41) is 4.34. The molecule has 0 aliphatic carbocycles. The second kappa shape index (κ2) is 4.36. The zero-order chi connectivity index (χ0) is 10.7. The van der Waals surface area contributed by atoms with Gasteiger partial charge in [0.1, 0.15) is 5.75 Å². The minimum atomic E-state index is 0.698. The van der Waals surface area contributed by atoms with Crippen molar-refractivity contribution in [1.29, 1.82) is 0 Å². The van der Waals surface area contributed by atoms with Gasteiger partial charge >= 0.3 is 0 Å². The molecule has 2 N–H and O–H groups in total. The van der Waals surface area contributed by atoms with Gasteiger partial charge in [0.05, 0.1) is 6.61 Å². The molecule has 0 spiro atoms. The molecule has 15 heavy (non-hydrogen) atoms. The topological polar surface area (TPSA) is 37.0 Å². The van der Waals surface area contributed by atoms with Gasteiger partial charge in [0, 0.05) is 23.6 Å². The highest BCUT2D eigenvalue weighted by molar-refractivity contribution is 5.89. The number of ether oxygens (including phenoxy) is 1. The SMILES string of the molecule is CCOc1cccc2[nH]cc(CNC)c12. The van der Waals surface area contributed by atoms with Crippen LogP contribution in [-0.2, 0) is 6.54 Å². The molecule has 2 rings (SSSR count). The molecule has 2 aromatic rings. The standard InChI is InChI=1S/C12H16N2O/c1-3-15-11-6-4-5-10-12(11)9(7-13-2)8-14-10/h4-6,8,13-14H,3,7H2,1-2H3. The highest BCUT2D eigenvalue weighted by atomic mass is 16.5. The van der Waals surface area contributed by atoms with Crippen LogP contribution in [0.4, 0.5) is 0 Å². The molecule has 1 aromatic carbocycles. The summed E-state index contributed by atoms with van der Waals surface area (Å²) in [6.07, 6.45) is 2.03. The molecule has 0 saturated heterocycles. The zero-order valence-corrected chi connectivity index (χ0v) is 9.13. The summed E-state index contributed by atoms with van der Waals surface area (Å²) in [5.41, 5.74) is 2.38. The number of nitrogens with one attached hydrogen (secondary N) is 2. The lowest BCUT2D eigenvalue weighted by molar-refractivity contribution is 0.344. The van der Waals surface area contributed by atoms with Crippen molar-refractivity contribution in [2.75, 3.05) is 13.7 Å².